The number of hydrogen-bond acceptors (Lipinski definition) is 2. The van der Waals surface area contributed by atoms with Crippen LogP contribution in [0.1, 0.15) is 45.9 Å². The van der Waals surface area contributed by atoms with Gasteiger partial charge in [0.15, 0.2) is 0 Å². The summed E-state index contributed by atoms with van der Waals surface area (Å²) in [4.78, 5) is 4.92. The van der Waals surface area contributed by atoms with Crippen LogP contribution in [0.5, 0.6) is 0 Å². The number of benzene rings is 1. The van der Waals surface area contributed by atoms with E-state index in [1.807, 2.05) is 0 Å². The Kier molecular flexibility index (Phi) is 4.03. The number of hydrogen-bond donors (Lipinski definition) is 1. The molecule has 3 nitrogen and oxygen atoms in total. The highest BCUT2D eigenvalue weighted by molar-refractivity contribution is 5.75. The van der Waals surface area contributed by atoms with Crippen molar-refractivity contribution in [1.29, 1.82) is 0 Å². The minimum absolute atomic E-state index is 0.477. The molecule has 2 aromatic rings. The van der Waals surface area contributed by atoms with Crippen molar-refractivity contribution in [2.24, 2.45) is 5.41 Å². The molecule has 114 valence electrons. The lowest BCUT2D eigenvalue weighted by Gasteiger charge is -2.24. The smallest absolute Gasteiger partial charge is 0.111 e. The van der Waals surface area contributed by atoms with Crippen LogP contribution in [0.25, 0.3) is 11.0 Å². The first-order chi connectivity index (χ1) is 10.2. The average molecular weight is 285 g/mol. The summed E-state index contributed by atoms with van der Waals surface area (Å²) in [5.41, 5.74) is 2.90. The first-order valence-electron chi connectivity index (χ1n) is 8.35. The molecule has 1 atom stereocenters. The van der Waals surface area contributed by atoms with Crippen LogP contribution in [0, 0.1) is 5.41 Å². The Balaban J connectivity index is 1.93. The zero-order valence-corrected chi connectivity index (χ0v) is 13.5. The van der Waals surface area contributed by atoms with Crippen LogP contribution < -0.4 is 5.32 Å². The van der Waals surface area contributed by atoms with Gasteiger partial charge in [-0.25, -0.2) is 4.98 Å². The quantitative estimate of drug-likeness (QED) is 0.839. The van der Waals surface area contributed by atoms with Gasteiger partial charge in [-0.2, -0.15) is 0 Å². The van der Waals surface area contributed by atoms with Crippen LogP contribution in [0.15, 0.2) is 24.3 Å². The van der Waals surface area contributed by atoms with E-state index in [1.165, 1.54) is 24.2 Å². The van der Waals surface area contributed by atoms with Crippen molar-refractivity contribution in [3.63, 3.8) is 0 Å². The van der Waals surface area contributed by atoms with Crippen LogP contribution in [0.2, 0.25) is 0 Å². The fourth-order valence-electron chi connectivity index (χ4n) is 3.29. The fourth-order valence-corrected chi connectivity index (χ4v) is 3.29. The van der Waals surface area contributed by atoms with Crippen LogP contribution in [-0.2, 0) is 13.0 Å². The number of rotatable bonds is 7. The van der Waals surface area contributed by atoms with E-state index >= 15 is 0 Å². The van der Waals surface area contributed by atoms with E-state index in [9.17, 15) is 0 Å². The predicted molar refractivity (Wildman–Crippen MR) is 88.5 cm³/mol. The number of likely N-dealkylation sites (N-methyl/N-ethyl adjacent to an activating group) is 1. The van der Waals surface area contributed by atoms with Gasteiger partial charge in [0.05, 0.1) is 11.0 Å². The van der Waals surface area contributed by atoms with E-state index in [2.05, 4.69) is 54.9 Å². The molecule has 1 aromatic heterocycles. The van der Waals surface area contributed by atoms with Crippen molar-refractivity contribution < 1.29 is 0 Å². The van der Waals surface area contributed by atoms with Crippen LogP contribution in [0.4, 0.5) is 0 Å². The summed E-state index contributed by atoms with van der Waals surface area (Å²) in [6, 6.07) is 9.08. The molecule has 0 amide bonds. The Morgan fingerprint density at radius 3 is 2.71 bits per heavy atom. The normalized spacial score (nSPS) is 18.0. The molecule has 21 heavy (non-hydrogen) atoms. The average Bonchev–Trinajstić information content (AvgIpc) is 3.14. The number of aromatic nitrogens is 2. The maximum Gasteiger partial charge on any atom is 0.111 e. The summed E-state index contributed by atoms with van der Waals surface area (Å²) in [6.45, 7) is 8.95. The first kappa shape index (κ1) is 14.6. The Bertz CT molecular complexity index is 610. The molecule has 1 fully saturated rings. The summed E-state index contributed by atoms with van der Waals surface area (Å²) in [5, 5.41) is 3.69. The minimum atomic E-state index is 0.477. The summed E-state index contributed by atoms with van der Waals surface area (Å²) in [6.07, 6.45) is 4.88. The lowest BCUT2D eigenvalue weighted by atomic mass is 9.95. The molecule has 1 N–H and O–H groups in total. The lowest BCUT2D eigenvalue weighted by molar-refractivity contribution is 0.351. The summed E-state index contributed by atoms with van der Waals surface area (Å²) in [5.74, 6) is 1.25. The minimum Gasteiger partial charge on any atom is -0.328 e. The lowest BCUT2D eigenvalue weighted by Crippen LogP contribution is -2.38. The molecule has 0 radical (unpaired) electrons. The molecule has 3 heteroatoms. The van der Waals surface area contributed by atoms with Gasteiger partial charge < -0.3 is 9.88 Å². The van der Waals surface area contributed by atoms with Crippen molar-refractivity contribution in [3.8, 4) is 0 Å². The molecule has 1 saturated carbocycles. The highest BCUT2D eigenvalue weighted by Gasteiger charge is 2.44. The van der Waals surface area contributed by atoms with Crippen molar-refractivity contribution in [2.45, 2.75) is 59.0 Å². The molecule has 3 rings (SSSR count). The van der Waals surface area contributed by atoms with Gasteiger partial charge >= 0.3 is 0 Å². The van der Waals surface area contributed by atoms with Crippen molar-refractivity contribution >= 4 is 11.0 Å². The number of imidazole rings is 1. The molecular formula is C18H27N3. The summed E-state index contributed by atoms with van der Waals surface area (Å²) < 4.78 is 2.42. The van der Waals surface area contributed by atoms with E-state index in [0.29, 0.717) is 11.5 Å². The number of aryl methyl sites for hydroxylation is 1. The Hall–Kier alpha value is -1.35. The molecule has 1 aromatic carbocycles. The maximum atomic E-state index is 4.92. The molecule has 1 unspecified atom stereocenters. The Morgan fingerprint density at radius 1 is 1.29 bits per heavy atom. The summed E-state index contributed by atoms with van der Waals surface area (Å²) >= 11 is 0. The van der Waals surface area contributed by atoms with E-state index < -0.39 is 0 Å². The maximum absolute atomic E-state index is 4.92. The monoisotopic (exact) mass is 285 g/mol. The number of nitrogens with one attached hydrogen (secondary N) is 1. The third-order valence-corrected chi connectivity index (χ3v) is 4.90. The summed E-state index contributed by atoms with van der Waals surface area (Å²) in [7, 11) is 0. The van der Waals surface area contributed by atoms with Gasteiger partial charge in [-0.3, -0.25) is 0 Å². The van der Waals surface area contributed by atoms with Gasteiger partial charge in [-0.05, 0) is 43.4 Å². The SMILES string of the molecule is CCCn1c(CC(NCC)C2(C)CC2)nc2ccccc21. The molecule has 0 aliphatic heterocycles. The van der Waals surface area contributed by atoms with Gasteiger partial charge in [0.25, 0.3) is 0 Å². The zero-order valence-electron chi connectivity index (χ0n) is 13.5. The standard InChI is InChI=1S/C18H27N3/c1-4-12-21-15-9-7-6-8-14(15)20-17(21)13-16(19-5-2)18(3)10-11-18/h6-9,16,19H,4-5,10-13H2,1-3H3. The third-order valence-electron chi connectivity index (χ3n) is 4.90. The largest absolute Gasteiger partial charge is 0.328 e. The van der Waals surface area contributed by atoms with Gasteiger partial charge in [0, 0.05) is 19.0 Å². The van der Waals surface area contributed by atoms with Gasteiger partial charge in [-0.15, -0.1) is 0 Å². The van der Waals surface area contributed by atoms with E-state index in [-0.39, 0.29) is 0 Å². The molecule has 1 heterocycles. The highest BCUT2D eigenvalue weighted by Crippen LogP contribution is 2.49. The molecular weight excluding hydrogens is 258 g/mol. The second-order valence-electron chi connectivity index (χ2n) is 6.64. The molecule has 1 aliphatic rings. The molecule has 1 aliphatic carbocycles. The molecule has 0 bridgehead atoms. The zero-order chi connectivity index (χ0) is 14.9. The van der Waals surface area contributed by atoms with Crippen molar-refractivity contribution in [2.75, 3.05) is 6.54 Å². The third kappa shape index (κ3) is 2.84. The highest BCUT2D eigenvalue weighted by atomic mass is 15.1. The predicted octanol–water partition coefficient (Wildman–Crippen LogP) is 3.77. The molecule has 0 spiro atoms. The van der Waals surface area contributed by atoms with Crippen LogP contribution in [-0.4, -0.2) is 22.1 Å². The second kappa shape index (κ2) is 5.80. The molecule has 0 saturated heterocycles. The van der Waals surface area contributed by atoms with Gasteiger partial charge in [0.1, 0.15) is 5.82 Å². The van der Waals surface area contributed by atoms with Crippen LogP contribution >= 0.6 is 0 Å². The number of fused-ring (bicyclic) bond motifs is 1. The van der Waals surface area contributed by atoms with Gasteiger partial charge in [0.2, 0.25) is 0 Å². The Labute approximate surface area is 127 Å². The van der Waals surface area contributed by atoms with Crippen molar-refractivity contribution in [1.82, 2.24) is 14.9 Å². The number of nitrogens with zero attached hydrogens (tertiary/aromatic N) is 2. The van der Waals surface area contributed by atoms with Crippen molar-refractivity contribution in [3.05, 3.63) is 30.1 Å². The number of para-hydroxylation sites is 2. The Morgan fingerprint density at radius 2 is 2.05 bits per heavy atom. The first-order valence-corrected chi connectivity index (χ1v) is 8.35. The van der Waals surface area contributed by atoms with E-state index in [1.54, 1.807) is 0 Å². The van der Waals surface area contributed by atoms with Crippen LogP contribution in [0.3, 0.4) is 0 Å². The second-order valence-corrected chi connectivity index (χ2v) is 6.64. The fraction of sp³-hybridized carbons (Fsp3) is 0.611. The van der Waals surface area contributed by atoms with E-state index in [4.69, 9.17) is 4.98 Å². The van der Waals surface area contributed by atoms with Gasteiger partial charge in [-0.1, -0.05) is 32.9 Å². The topological polar surface area (TPSA) is 29.9 Å². The van der Waals surface area contributed by atoms with E-state index in [0.717, 1.165) is 31.4 Å².